The van der Waals surface area contributed by atoms with Crippen molar-refractivity contribution in [3.8, 4) is 0 Å². The van der Waals surface area contributed by atoms with E-state index in [-0.39, 0.29) is 5.97 Å². The van der Waals surface area contributed by atoms with Gasteiger partial charge in [0.05, 0.1) is 13.0 Å². The number of carbonyl (C=O) groups is 1. The van der Waals surface area contributed by atoms with Crippen LogP contribution >= 0.6 is 0 Å². The van der Waals surface area contributed by atoms with E-state index in [0.29, 0.717) is 13.0 Å². The predicted molar refractivity (Wildman–Crippen MR) is 65.3 cm³/mol. The Balaban J connectivity index is 1.82. The molecule has 3 nitrogen and oxygen atoms in total. The van der Waals surface area contributed by atoms with E-state index in [4.69, 9.17) is 4.74 Å². The van der Waals surface area contributed by atoms with Gasteiger partial charge in [-0.25, -0.2) is 0 Å². The Morgan fingerprint density at radius 3 is 2.75 bits per heavy atom. The van der Waals surface area contributed by atoms with Crippen molar-refractivity contribution in [2.24, 2.45) is 5.92 Å². The second-order valence-corrected chi connectivity index (χ2v) is 4.60. The average molecular weight is 227 g/mol. The maximum Gasteiger partial charge on any atom is 0.307 e. The highest BCUT2D eigenvalue weighted by Gasteiger charge is 2.13. The van der Waals surface area contributed by atoms with Gasteiger partial charge in [0.25, 0.3) is 0 Å². The quantitative estimate of drug-likeness (QED) is 0.511. The summed E-state index contributed by atoms with van der Waals surface area (Å²) >= 11 is 0. The Morgan fingerprint density at radius 1 is 1.31 bits per heavy atom. The number of ether oxygens (including phenoxy) is 1. The van der Waals surface area contributed by atoms with Crippen LogP contribution in [0.1, 0.15) is 51.9 Å². The van der Waals surface area contributed by atoms with Crippen molar-refractivity contribution in [2.75, 3.05) is 19.7 Å². The Hall–Kier alpha value is -0.570. The molecule has 0 radical (unpaired) electrons. The molecule has 1 saturated carbocycles. The van der Waals surface area contributed by atoms with E-state index in [1.54, 1.807) is 0 Å². The Labute approximate surface area is 98.9 Å². The molecule has 0 saturated heterocycles. The Kier molecular flexibility index (Phi) is 7.23. The molecule has 3 heteroatoms. The summed E-state index contributed by atoms with van der Waals surface area (Å²) in [6.07, 6.45) is 8.82. The summed E-state index contributed by atoms with van der Waals surface area (Å²) in [6, 6.07) is 0. The molecule has 94 valence electrons. The molecule has 1 fully saturated rings. The van der Waals surface area contributed by atoms with Gasteiger partial charge in [-0.05, 0) is 32.2 Å². The van der Waals surface area contributed by atoms with E-state index in [9.17, 15) is 4.79 Å². The van der Waals surface area contributed by atoms with Crippen molar-refractivity contribution in [1.29, 1.82) is 0 Å². The predicted octanol–water partition coefficient (Wildman–Crippen LogP) is 2.50. The summed E-state index contributed by atoms with van der Waals surface area (Å²) in [5, 5.41) is 3.30. The van der Waals surface area contributed by atoms with Crippen LogP contribution in [-0.2, 0) is 9.53 Å². The highest BCUT2D eigenvalue weighted by molar-refractivity contribution is 5.69. The highest BCUT2D eigenvalue weighted by Crippen LogP contribution is 2.28. The summed E-state index contributed by atoms with van der Waals surface area (Å²) in [5.41, 5.74) is 0. The van der Waals surface area contributed by atoms with Crippen LogP contribution in [0.5, 0.6) is 0 Å². The summed E-state index contributed by atoms with van der Waals surface area (Å²) in [7, 11) is 0. The van der Waals surface area contributed by atoms with Gasteiger partial charge in [-0.2, -0.15) is 0 Å². The third-order valence-corrected chi connectivity index (χ3v) is 3.25. The fourth-order valence-electron chi connectivity index (χ4n) is 2.36. The molecule has 0 unspecified atom stereocenters. The normalized spacial score (nSPS) is 16.6. The number of hydrogen-bond acceptors (Lipinski definition) is 3. The van der Waals surface area contributed by atoms with Crippen LogP contribution in [0, 0.1) is 5.92 Å². The smallest absolute Gasteiger partial charge is 0.307 e. The van der Waals surface area contributed by atoms with Crippen molar-refractivity contribution in [1.82, 2.24) is 5.32 Å². The van der Waals surface area contributed by atoms with Gasteiger partial charge in [0.2, 0.25) is 0 Å². The first-order valence-corrected chi connectivity index (χ1v) is 6.69. The molecule has 1 aliphatic carbocycles. The number of rotatable bonds is 8. The molecule has 0 bridgehead atoms. The molecule has 0 aromatic carbocycles. The van der Waals surface area contributed by atoms with Crippen molar-refractivity contribution in [2.45, 2.75) is 51.9 Å². The molecule has 0 aromatic heterocycles. The SMILES string of the molecule is CCOC(=O)CCNCCCC1CCCC1. The molecule has 1 N–H and O–H groups in total. The molecule has 16 heavy (non-hydrogen) atoms. The zero-order chi connectivity index (χ0) is 11.6. The lowest BCUT2D eigenvalue weighted by Crippen LogP contribution is -2.20. The lowest BCUT2D eigenvalue weighted by atomic mass is 10.0. The maximum atomic E-state index is 11.0. The van der Waals surface area contributed by atoms with Crippen LogP contribution in [-0.4, -0.2) is 25.7 Å². The fourth-order valence-corrected chi connectivity index (χ4v) is 2.36. The topological polar surface area (TPSA) is 38.3 Å². The average Bonchev–Trinajstić information content (AvgIpc) is 2.76. The third kappa shape index (κ3) is 6.11. The second kappa shape index (κ2) is 8.57. The van der Waals surface area contributed by atoms with Gasteiger partial charge in [-0.3, -0.25) is 4.79 Å². The largest absolute Gasteiger partial charge is 0.466 e. The first-order valence-electron chi connectivity index (χ1n) is 6.69. The van der Waals surface area contributed by atoms with E-state index in [1.807, 2.05) is 6.92 Å². The summed E-state index contributed by atoms with van der Waals surface area (Å²) in [4.78, 5) is 11.0. The van der Waals surface area contributed by atoms with E-state index >= 15 is 0 Å². The van der Waals surface area contributed by atoms with Crippen molar-refractivity contribution in [3.63, 3.8) is 0 Å². The Bertz CT molecular complexity index is 188. The number of hydrogen-bond donors (Lipinski definition) is 1. The lowest BCUT2D eigenvalue weighted by Gasteiger charge is -2.08. The minimum Gasteiger partial charge on any atom is -0.466 e. The van der Waals surface area contributed by atoms with Gasteiger partial charge in [-0.15, -0.1) is 0 Å². The molecule has 1 rings (SSSR count). The first kappa shape index (κ1) is 13.5. The van der Waals surface area contributed by atoms with Gasteiger partial charge in [0.1, 0.15) is 0 Å². The monoisotopic (exact) mass is 227 g/mol. The number of esters is 1. The zero-order valence-electron chi connectivity index (χ0n) is 10.5. The molecule has 0 atom stereocenters. The van der Waals surface area contributed by atoms with E-state index in [1.165, 1.54) is 38.5 Å². The molecule has 1 aliphatic rings. The molecular formula is C13H25NO2. The van der Waals surface area contributed by atoms with Gasteiger partial charge >= 0.3 is 5.97 Å². The van der Waals surface area contributed by atoms with Gasteiger partial charge in [0.15, 0.2) is 0 Å². The molecular weight excluding hydrogens is 202 g/mol. The van der Waals surface area contributed by atoms with Crippen LogP contribution in [0.4, 0.5) is 0 Å². The van der Waals surface area contributed by atoms with Crippen LogP contribution in [0.3, 0.4) is 0 Å². The van der Waals surface area contributed by atoms with Crippen LogP contribution < -0.4 is 5.32 Å². The van der Waals surface area contributed by atoms with Crippen LogP contribution in [0.25, 0.3) is 0 Å². The van der Waals surface area contributed by atoms with Gasteiger partial charge in [0, 0.05) is 6.54 Å². The van der Waals surface area contributed by atoms with Crippen molar-refractivity contribution in [3.05, 3.63) is 0 Å². The molecule has 0 spiro atoms. The van der Waals surface area contributed by atoms with Crippen LogP contribution in [0.15, 0.2) is 0 Å². The second-order valence-electron chi connectivity index (χ2n) is 4.60. The summed E-state index contributed by atoms with van der Waals surface area (Å²) < 4.78 is 4.85. The Morgan fingerprint density at radius 2 is 2.06 bits per heavy atom. The maximum absolute atomic E-state index is 11.0. The van der Waals surface area contributed by atoms with Crippen molar-refractivity contribution >= 4 is 5.97 Å². The molecule has 0 amide bonds. The molecule has 0 aliphatic heterocycles. The minimum atomic E-state index is -0.0919. The first-order chi connectivity index (χ1) is 7.83. The summed E-state index contributed by atoms with van der Waals surface area (Å²) in [5.74, 6) is 0.887. The minimum absolute atomic E-state index is 0.0919. The third-order valence-electron chi connectivity index (χ3n) is 3.25. The summed E-state index contributed by atoms with van der Waals surface area (Å²) in [6.45, 7) is 4.12. The molecule has 0 aromatic rings. The van der Waals surface area contributed by atoms with E-state index in [0.717, 1.165) is 19.0 Å². The highest BCUT2D eigenvalue weighted by atomic mass is 16.5. The number of nitrogens with one attached hydrogen (secondary N) is 1. The van der Waals surface area contributed by atoms with E-state index in [2.05, 4.69) is 5.32 Å². The fraction of sp³-hybridized carbons (Fsp3) is 0.923. The number of carbonyl (C=O) groups excluding carboxylic acids is 1. The standard InChI is InChI=1S/C13H25NO2/c1-2-16-13(15)9-11-14-10-5-8-12-6-3-4-7-12/h12,14H,2-11H2,1H3. The van der Waals surface area contributed by atoms with E-state index < -0.39 is 0 Å². The van der Waals surface area contributed by atoms with Gasteiger partial charge < -0.3 is 10.1 Å². The lowest BCUT2D eigenvalue weighted by molar-refractivity contribution is -0.142. The van der Waals surface area contributed by atoms with Crippen molar-refractivity contribution < 1.29 is 9.53 Å². The van der Waals surface area contributed by atoms with Crippen LogP contribution in [0.2, 0.25) is 0 Å². The van der Waals surface area contributed by atoms with Gasteiger partial charge in [-0.1, -0.05) is 25.7 Å². The zero-order valence-corrected chi connectivity index (χ0v) is 10.5. The molecule has 0 heterocycles.